The van der Waals surface area contributed by atoms with Crippen molar-refractivity contribution in [1.29, 1.82) is 0 Å². The van der Waals surface area contributed by atoms with Gasteiger partial charge in [-0.05, 0) is 62.1 Å². The standard InChI is InChI=1S/C21H28N2O2/c1-3-18-15-23(20-14-17(22)9-10-21(20)25-18)11-4-5-12-24-19-8-6-7-16(2)13-19/h6-10,13-14,18H,3-5,11-12,15,22H2,1-2H3. The Labute approximate surface area is 150 Å². The van der Waals surface area contributed by atoms with Crippen LogP contribution in [0.25, 0.3) is 0 Å². The third kappa shape index (κ3) is 4.59. The summed E-state index contributed by atoms with van der Waals surface area (Å²) in [7, 11) is 0. The maximum absolute atomic E-state index is 6.04. The molecule has 1 aliphatic heterocycles. The molecule has 0 fully saturated rings. The van der Waals surface area contributed by atoms with E-state index < -0.39 is 0 Å². The molecule has 25 heavy (non-hydrogen) atoms. The number of nitrogens with zero attached hydrogens (tertiary/aromatic N) is 1. The van der Waals surface area contributed by atoms with E-state index in [1.807, 2.05) is 30.3 Å². The average molecular weight is 340 g/mol. The van der Waals surface area contributed by atoms with Gasteiger partial charge >= 0.3 is 0 Å². The lowest BCUT2D eigenvalue weighted by atomic mass is 10.1. The number of fused-ring (bicyclic) bond motifs is 1. The van der Waals surface area contributed by atoms with E-state index in [0.717, 1.165) is 61.8 Å². The third-order valence-electron chi connectivity index (χ3n) is 4.58. The van der Waals surface area contributed by atoms with E-state index in [2.05, 4.69) is 30.9 Å². The van der Waals surface area contributed by atoms with E-state index in [0.29, 0.717) is 0 Å². The van der Waals surface area contributed by atoms with Crippen molar-refractivity contribution in [3.63, 3.8) is 0 Å². The van der Waals surface area contributed by atoms with Crippen LogP contribution in [0.1, 0.15) is 31.7 Å². The highest BCUT2D eigenvalue weighted by Gasteiger charge is 2.24. The van der Waals surface area contributed by atoms with Gasteiger partial charge < -0.3 is 20.1 Å². The van der Waals surface area contributed by atoms with Crippen LogP contribution >= 0.6 is 0 Å². The molecule has 0 saturated heterocycles. The molecule has 1 heterocycles. The van der Waals surface area contributed by atoms with Crippen LogP contribution < -0.4 is 20.1 Å². The van der Waals surface area contributed by atoms with E-state index >= 15 is 0 Å². The summed E-state index contributed by atoms with van der Waals surface area (Å²) in [5.41, 5.74) is 9.09. The molecular weight excluding hydrogens is 312 g/mol. The van der Waals surface area contributed by atoms with Gasteiger partial charge in [0.15, 0.2) is 0 Å². The van der Waals surface area contributed by atoms with Crippen LogP contribution in [-0.2, 0) is 0 Å². The highest BCUT2D eigenvalue weighted by Crippen LogP contribution is 2.35. The van der Waals surface area contributed by atoms with Crippen LogP contribution in [0.5, 0.6) is 11.5 Å². The Morgan fingerprint density at radius 3 is 2.88 bits per heavy atom. The molecule has 0 aliphatic carbocycles. The lowest BCUT2D eigenvalue weighted by Crippen LogP contribution is -2.40. The topological polar surface area (TPSA) is 47.7 Å². The lowest BCUT2D eigenvalue weighted by molar-refractivity contribution is 0.188. The van der Waals surface area contributed by atoms with Gasteiger partial charge in [-0.3, -0.25) is 0 Å². The molecule has 134 valence electrons. The van der Waals surface area contributed by atoms with Crippen molar-refractivity contribution < 1.29 is 9.47 Å². The number of hydrogen-bond donors (Lipinski definition) is 1. The Bertz CT molecular complexity index is 702. The molecule has 2 aromatic rings. The number of anilines is 2. The lowest BCUT2D eigenvalue weighted by Gasteiger charge is -2.36. The number of rotatable bonds is 7. The first-order chi connectivity index (χ1) is 12.2. The van der Waals surface area contributed by atoms with Crippen molar-refractivity contribution in [2.24, 2.45) is 0 Å². The number of hydrogen-bond acceptors (Lipinski definition) is 4. The maximum atomic E-state index is 6.04. The monoisotopic (exact) mass is 340 g/mol. The zero-order valence-electron chi connectivity index (χ0n) is 15.2. The molecule has 2 N–H and O–H groups in total. The highest BCUT2D eigenvalue weighted by molar-refractivity contribution is 5.66. The predicted octanol–water partition coefficient (Wildman–Crippen LogP) is 4.41. The van der Waals surface area contributed by atoms with Crippen LogP contribution in [0.3, 0.4) is 0 Å². The second-order valence-corrected chi connectivity index (χ2v) is 6.69. The molecule has 4 heteroatoms. The summed E-state index contributed by atoms with van der Waals surface area (Å²) in [6.07, 6.45) is 3.37. The smallest absolute Gasteiger partial charge is 0.143 e. The van der Waals surface area contributed by atoms with Crippen molar-refractivity contribution in [1.82, 2.24) is 0 Å². The number of aryl methyl sites for hydroxylation is 1. The van der Waals surface area contributed by atoms with Gasteiger partial charge in [-0.25, -0.2) is 0 Å². The quantitative estimate of drug-likeness (QED) is 0.599. The first-order valence-corrected chi connectivity index (χ1v) is 9.16. The van der Waals surface area contributed by atoms with Crippen LogP contribution in [-0.4, -0.2) is 25.8 Å². The van der Waals surface area contributed by atoms with E-state index in [9.17, 15) is 0 Å². The van der Waals surface area contributed by atoms with Gasteiger partial charge in [-0.2, -0.15) is 0 Å². The molecule has 1 atom stereocenters. The van der Waals surface area contributed by atoms with Crippen molar-refractivity contribution in [2.75, 3.05) is 30.3 Å². The number of benzene rings is 2. The maximum Gasteiger partial charge on any atom is 0.143 e. The van der Waals surface area contributed by atoms with E-state index in [4.69, 9.17) is 15.2 Å². The average Bonchev–Trinajstić information content (AvgIpc) is 2.61. The van der Waals surface area contributed by atoms with Crippen molar-refractivity contribution in [3.05, 3.63) is 48.0 Å². The zero-order valence-corrected chi connectivity index (χ0v) is 15.2. The summed E-state index contributed by atoms with van der Waals surface area (Å²) in [6.45, 7) is 6.91. The van der Waals surface area contributed by atoms with Gasteiger partial charge in [0.05, 0.1) is 18.8 Å². The molecule has 2 aromatic carbocycles. The van der Waals surface area contributed by atoms with Crippen LogP contribution in [0.15, 0.2) is 42.5 Å². The Morgan fingerprint density at radius 1 is 1.20 bits per heavy atom. The molecule has 0 aromatic heterocycles. The van der Waals surface area contributed by atoms with Crippen molar-refractivity contribution in [2.45, 2.75) is 39.2 Å². The normalized spacial score (nSPS) is 16.2. The summed E-state index contributed by atoms with van der Waals surface area (Å²) in [5, 5.41) is 0. The number of ether oxygens (including phenoxy) is 2. The SMILES string of the molecule is CCC1CN(CCCCOc2cccc(C)c2)c2cc(N)ccc2O1. The van der Waals surface area contributed by atoms with Gasteiger partial charge in [0.1, 0.15) is 17.6 Å². The Hall–Kier alpha value is -2.36. The Morgan fingerprint density at radius 2 is 2.08 bits per heavy atom. The minimum atomic E-state index is 0.250. The molecule has 1 unspecified atom stereocenters. The second kappa shape index (κ2) is 8.15. The van der Waals surface area contributed by atoms with Gasteiger partial charge in [0, 0.05) is 12.2 Å². The predicted molar refractivity (Wildman–Crippen MR) is 104 cm³/mol. The molecule has 3 rings (SSSR count). The largest absolute Gasteiger partial charge is 0.494 e. The minimum absolute atomic E-state index is 0.250. The Balaban J connectivity index is 1.51. The summed E-state index contributed by atoms with van der Waals surface area (Å²) in [5.74, 6) is 1.90. The fraction of sp³-hybridized carbons (Fsp3) is 0.429. The van der Waals surface area contributed by atoms with E-state index in [-0.39, 0.29) is 6.10 Å². The van der Waals surface area contributed by atoms with Gasteiger partial charge in [-0.15, -0.1) is 0 Å². The minimum Gasteiger partial charge on any atom is -0.494 e. The molecule has 0 saturated carbocycles. The molecule has 1 aliphatic rings. The van der Waals surface area contributed by atoms with Crippen LogP contribution in [0.2, 0.25) is 0 Å². The van der Waals surface area contributed by atoms with Gasteiger partial charge in [0.25, 0.3) is 0 Å². The molecule has 0 bridgehead atoms. The van der Waals surface area contributed by atoms with Gasteiger partial charge in [0.2, 0.25) is 0 Å². The van der Waals surface area contributed by atoms with Crippen LogP contribution in [0.4, 0.5) is 11.4 Å². The number of nitrogen functional groups attached to an aromatic ring is 1. The highest BCUT2D eigenvalue weighted by atomic mass is 16.5. The summed E-state index contributed by atoms with van der Waals surface area (Å²) >= 11 is 0. The third-order valence-corrected chi connectivity index (χ3v) is 4.58. The van der Waals surface area contributed by atoms with Gasteiger partial charge in [-0.1, -0.05) is 19.1 Å². The summed E-state index contributed by atoms with van der Waals surface area (Å²) in [4.78, 5) is 2.40. The zero-order chi connectivity index (χ0) is 17.6. The summed E-state index contributed by atoms with van der Waals surface area (Å²) in [6, 6.07) is 14.1. The molecule has 0 amide bonds. The van der Waals surface area contributed by atoms with Crippen LogP contribution in [0, 0.1) is 6.92 Å². The first kappa shape index (κ1) is 17.5. The molecule has 0 radical (unpaired) electrons. The Kier molecular flexibility index (Phi) is 5.69. The summed E-state index contributed by atoms with van der Waals surface area (Å²) < 4.78 is 11.9. The molecule has 0 spiro atoms. The molecular formula is C21H28N2O2. The van der Waals surface area contributed by atoms with Crippen molar-refractivity contribution in [3.8, 4) is 11.5 Å². The fourth-order valence-corrected chi connectivity index (χ4v) is 3.17. The molecule has 4 nitrogen and oxygen atoms in total. The van der Waals surface area contributed by atoms with E-state index in [1.165, 1.54) is 5.56 Å². The fourth-order valence-electron chi connectivity index (χ4n) is 3.17. The van der Waals surface area contributed by atoms with Crippen molar-refractivity contribution >= 4 is 11.4 Å². The second-order valence-electron chi connectivity index (χ2n) is 6.69. The van der Waals surface area contributed by atoms with E-state index in [1.54, 1.807) is 0 Å². The first-order valence-electron chi connectivity index (χ1n) is 9.16. The number of nitrogens with two attached hydrogens (primary N) is 1. The number of unbranched alkanes of at least 4 members (excludes halogenated alkanes) is 1.